The van der Waals surface area contributed by atoms with Crippen molar-refractivity contribution < 1.29 is 9.18 Å². The van der Waals surface area contributed by atoms with E-state index in [2.05, 4.69) is 5.32 Å². The van der Waals surface area contributed by atoms with Crippen LogP contribution in [-0.2, 0) is 4.79 Å². The first-order valence-corrected chi connectivity index (χ1v) is 6.59. The molecule has 0 saturated carbocycles. The van der Waals surface area contributed by atoms with E-state index in [-0.39, 0.29) is 17.3 Å². The first-order valence-electron chi connectivity index (χ1n) is 6.59. The van der Waals surface area contributed by atoms with E-state index in [0.717, 1.165) is 18.7 Å². The van der Waals surface area contributed by atoms with E-state index in [1.54, 1.807) is 17.0 Å². The molecular formula is C15H21FN2O. The summed E-state index contributed by atoms with van der Waals surface area (Å²) in [5.74, 6) is -0.275. The predicted molar refractivity (Wildman–Crippen MR) is 74.7 cm³/mol. The molecule has 1 aliphatic heterocycles. The number of halogens is 1. The van der Waals surface area contributed by atoms with Crippen molar-refractivity contribution in [2.75, 3.05) is 11.4 Å². The molecule has 104 valence electrons. The van der Waals surface area contributed by atoms with Crippen molar-refractivity contribution in [1.82, 2.24) is 5.32 Å². The number of benzene rings is 1. The molecule has 1 aromatic rings. The Morgan fingerprint density at radius 3 is 2.32 bits per heavy atom. The van der Waals surface area contributed by atoms with Crippen LogP contribution in [0.4, 0.5) is 10.1 Å². The molecule has 1 aromatic carbocycles. The average molecular weight is 264 g/mol. The van der Waals surface area contributed by atoms with Crippen molar-refractivity contribution in [3.63, 3.8) is 0 Å². The summed E-state index contributed by atoms with van der Waals surface area (Å²) in [6.45, 7) is 8.62. The van der Waals surface area contributed by atoms with Gasteiger partial charge in [0, 0.05) is 11.2 Å². The summed E-state index contributed by atoms with van der Waals surface area (Å²) in [6.07, 6.45) is 0.847. The quantitative estimate of drug-likeness (QED) is 0.846. The molecule has 1 aliphatic rings. The fraction of sp³-hybridized carbons (Fsp3) is 0.533. The fourth-order valence-corrected chi connectivity index (χ4v) is 2.48. The lowest BCUT2D eigenvalue weighted by molar-refractivity contribution is -0.124. The van der Waals surface area contributed by atoms with Crippen LogP contribution in [0.1, 0.15) is 34.1 Å². The molecule has 0 bridgehead atoms. The van der Waals surface area contributed by atoms with Gasteiger partial charge in [-0.2, -0.15) is 0 Å². The minimum Gasteiger partial charge on any atom is -0.305 e. The third-order valence-electron chi connectivity index (χ3n) is 3.73. The van der Waals surface area contributed by atoms with E-state index in [1.165, 1.54) is 12.1 Å². The minimum atomic E-state index is -0.609. The topological polar surface area (TPSA) is 32.3 Å². The Hall–Kier alpha value is -1.42. The maximum absolute atomic E-state index is 13.1. The smallest absolute Gasteiger partial charge is 0.247 e. The van der Waals surface area contributed by atoms with Gasteiger partial charge in [0.1, 0.15) is 5.82 Å². The number of rotatable bonds is 1. The second-order valence-corrected chi connectivity index (χ2v) is 6.23. The van der Waals surface area contributed by atoms with Crippen LogP contribution < -0.4 is 10.2 Å². The summed E-state index contributed by atoms with van der Waals surface area (Å²) < 4.78 is 13.1. The lowest BCUT2D eigenvalue weighted by atomic mass is 9.96. The summed E-state index contributed by atoms with van der Waals surface area (Å²) in [5, 5.41) is 3.27. The van der Waals surface area contributed by atoms with E-state index in [4.69, 9.17) is 0 Å². The maximum Gasteiger partial charge on any atom is 0.247 e. The van der Waals surface area contributed by atoms with Gasteiger partial charge in [0.15, 0.2) is 0 Å². The Morgan fingerprint density at radius 1 is 1.16 bits per heavy atom. The SMILES string of the molecule is CC1(C)NCCC(C)(C)N(c2ccc(F)cc2)C1=O. The van der Waals surface area contributed by atoms with Crippen LogP contribution >= 0.6 is 0 Å². The fourth-order valence-electron chi connectivity index (χ4n) is 2.48. The van der Waals surface area contributed by atoms with Crippen LogP contribution in [0.15, 0.2) is 24.3 Å². The summed E-state index contributed by atoms with van der Waals surface area (Å²) in [5.41, 5.74) is -0.161. The number of carbonyl (C=O) groups is 1. The third kappa shape index (κ3) is 2.63. The highest BCUT2D eigenvalue weighted by molar-refractivity contribution is 6.01. The second-order valence-electron chi connectivity index (χ2n) is 6.23. The highest BCUT2D eigenvalue weighted by atomic mass is 19.1. The first-order chi connectivity index (χ1) is 8.74. The monoisotopic (exact) mass is 264 g/mol. The van der Waals surface area contributed by atoms with Gasteiger partial charge in [0.05, 0.1) is 5.54 Å². The molecule has 2 rings (SSSR count). The standard InChI is InChI=1S/C15H21FN2O/c1-14(2)9-10-17-15(3,4)13(19)18(14)12-7-5-11(16)6-8-12/h5-8,17H,9-10H2,1-4H3. The van der Waals surface area contributed by atoms with Crippen LogP contribution in [0, 0.1) is 5.82 Å². The van der Waals surface area contributed by atoms with Crippen molar-refractivity contribution in [2.45, 2.75) is 45.2 Å². The molecule has 1 saturated heterocycles. The van der Waals surface area contributed by atoms with Gasteiger partial charge in [0.2, 0.25) is 5.91 Å². The normalized spacial score (nSPS) is 22.2. The lowest BCUT2D eigenvalue weighted by Gasteiger charge is -2.39. The molecule has 1 heterocycles. The van der Waals surface area contributed by atoms with Gasteiger partial charge in [-0.3, -0.25) is 4.79 Å². The molecule has 0 unspecified atom stereocenters. The van der Waals surface area contributed by atoms with Crippen molar-refractivity contribution in [1.29, 1.82) is 0 Å². The Kier molecular flexibility index (Phi) is 3.39. The van der Waals surface area contributed by atoms with Gasteiger partial charge < -0.3 is 10.2 Å². The third-order valence-corrected chi connectivity index (χ3v) is 3.73. The molecule has 4 heteroatoms. The Balaban J connectivity index is 2.47. The maximum atomic E-state index is 13.1. The largest absolute Gasteiger partial charge is 0.305 e. The van der Waals surface area contributed by atoms with Crippen molar-refractivity contribution >= 4 is 11.6 Å². The van der Waals surface area contributed by atoms with Gasteiger partial charge in [-0.15, -0.1) is 0 Å². The van der Waals surface area contributed by atoms with E-state index in [9.17, 15) is 9.18 Å². The first kappa shape index (κ1) is 14.0. The molecule has 0 spiro atoms. The molecule has 3 nitrogen and oxygen atoms in total. The van der Waals surface area contributed by atoms with Crippen LogP contribution in [0.2, 0.25) is 0 Å². The van der Waals surface area contributed by atoms with Crippen LogP contribution in [-0.4, -0.2) is 23.5 Å². The summed E-state index contributed by atoms with van der Waals surface area (Å²) in [7, 11) is 0. The number of nitrogens with zero attached hydrogens (tertiary/aromatic N) is 1. The summed E-state index contributed by atoms with van der Waals surface area (Å²) >= 11 is 0. The molecule has 1 amide bonds. The van der Waals surface area contributed by atoms with E-state index < -0.39 is 5.54 Å². The average Bonchev–Trinajstić information content (AvgIpc) is 2.37. The Labute approximate surface area is 113 Å². The predicted octanol–water partition coefficient (Wildman–Crippen LogP) is 2.71. The van der Waals surface area contributed by atoms with Gasteiger partial charge in [-0.1, -0.05) is 0 Å². The summed E-state index contributed by atoms with van der Waals surface area (Å²) in [4.78, 5) is 14.5. The van der Waals surface area contributed by atoms with Gasteiger partial charge in [-0.25, -0.2) is 4.39 Å². The van der Waals surface area contributed by atoms with Crippen molar-refractivity contribution in [3.8, 4) is 0 Å². The number of nitrogens with one attached hydrogen (secondary N) is 1. The molecule has 0 aromatic heterocycles. The summed E-state index contributed by atoms with van der Waals surface area (Å²) in [6, 6.07) is 6.11. The van der Waals surface area contributed by atoms with Gasteiger partial charge in [-0.05, 0) is 64.9 Å². The van der Waals surface area contributed by atoms with E-state index in [1.807, 2.05) is 27.7 Å². The van der Waals surface area contributed by atoms with Crippen LogP contribution in [0.5, 0.6) is 0 Å². The zero-order chi connectivity index (χ0) is 14.3. The number of carbonyl (C=O) groups excluding carboxylic acids is 1. The zero-order valence-electron chi connectivity index (χ0n) is 12.0. The number of amides is 1. The molecule has 1 fully saturated rings. The van der Waals surface area contributed by atoms with Crippen molar-refractivity contribution in [3.05, 3.63) is 30.1 Å². The highest BCUT2D eigenvalue weighted by Crippen LogP contribution is 2.31. The molecule has 0 radical (unpaired) electrons. The molecule has 1 N–H and O–H groups in total. The van der Waals surface area contributed by atoms with Gasteiger partial charge in [0.25, 0.3) is 0 Å². The van der Waals surface area contributed by atoms with Crippen molar-refractivity contribution in [2.24, 2.45) is 0 Å². The molecule has 0 aliphatic carbocycles. The number of anilines is 1. The molecular weight excluding hydrogens is 243 g/mol. The molecule has 0 atom stereocenters. The number of hydrogen-bond donors (Lipinski definition) is 1. The van der Waals surface area contributed by atoms with Crippen LogP contribution in [0.25, 0.3) is 0 Å². The Morgan fingerprint density at radius 2 is 1.74 bits per heavy atom. The van der Waals surface area contributed by atoms with Gasteiger partial charge >= 0.3 is 0 Å². The second kappa shape index (κ2) is 4.60. The highest BCUT2D eigenvalue weighted by Gasteiger charge is 2.42. The van der Waals surface area contributed by atoms with E-state index in [0.29, 0.717) is 0 Å². The molecule has 19 heavy (non-hydrogen) atoms. The van der Waals surface area contributed by atoms with Crippen LogP contribution in [0.3, 0.4) is 0 Å². The minimum absolute atomic E-state index is 0.0154. The van der Waals surface area contributed by atoms with E-state index >= 15 is 0 Å². The zero-order valence-corrected chi connectivity index (χ0v) is 12.0. The Bertz CT molecular complexity index is 479. The number of hydrogen-bond acceptors (Lipinski definition) is 2. The lowest BCUT2D eigenvalue weighted by Crippen LogP contribution is -2.56.